The monoisotopic (exact) mass is 387 g/mol. The van der Waals surface area contributed by atoms with Crippen molar-refractivity contribution in [2.75, 3.05) is 19.6 Å². The molecule has 4 heteroatoms. The third-order valence-corrected chi connectivity index (χ3v) is 6.28. The minimum atomic E-state index is -0.452. The molecule has 1 fully saturated rings. The topological polar surface area (TPSA) is 43.7 Å². The number of hydrogen-bond donors (Lipinski definition) is 2. The van der Waals surface area contributed by atoms with E-state index in [0.717, 1.165) is 50.0 Å². The molecule has 0 unspecified atom stereocenters. The summed E-state index contributed by atoms with van der Waals surface area (Å²) in [6.07, 6.45) is 4.70. The van der Waals surface area contributed by atoms with Crippen molar-refractivity contribution in [2.24, 2.45) is 5.92 Å². The van der Waals surface area contributed by atoms with Gasteiger partial charge in [-0.15, -0.1) is 12.4 Å². The summed E-state index contributed by atoms with van der Waals surface area (Å²) in [6.45, 7) is 3.35. The van der Waals surface area contributed by atoms with Gasteiger partial charge < -0.3 is 15.1 Å². The first-order chi connectivity index (χ1) is 12.7. The van der Waals surface area contributed by atoms with Crippen molar-refractivity contribution < 1.29 is 10.2 Å². The van der Waals surface area contributed by atoms with Crippen LogP contribution in [0.4, 0.5) is 0 Å². The number of nitrogens with zero attached hydrogens (tertiary/aromatic N) is 1. The van der Waals surface area contributed by atoms with Crippen LogP contribution < -0.4 is 0 Å². The number of phenols is 1. The second-order valence-electron chi connectivity index (χ2n) is 7.99. The average Bonchev–Trinajstić information content (AvgIpc) is 2.83. The van der Waals surface area contributed by atoms with Crippen molar-refractivity contribution >= 4 is 12.4 Å². The maximum Gasteiger partial charge on any atom is 0.119 e. The van der Waals surface area contributed by atoms with Crippen LogP contribution in [0.25, 0.3) is 0 Å². The number of rotatable bonds is 3. The lowest BCUT2D eigenvalue weighted by atomic mass is 9.88. The fourth-order valence-corrected chi connectivity index (χ4v) is 4.79. The minimum absolute atomic E-state index is 0. The molecule has 0 spiro atoms. The summed E-state index contributed by atoms with van der Waals surface area (Å²) >= 11 is 0. The van der Waals surface area contributed by atoms with E-state index in [1.807, 2.05) is 12.1 Å². The number of fused-ring (bicyclic) bond motifs is 1. The Morgan fingerprint density at radius 1 is 0.926 bits per heavy atom. The summed E-state index contributed by atoms with van der Waals surface area (Å²) in [5.41, 5.74) is 3.35. The van der Waals surface area contributed by atoms with E-state index in [0.29, 0.717) is 17.6 Å². The maximum atomic E-state index is 10.6. The Morgan fingerprint density at radius 2 is 1.67 bits per heavy atom. The fourth-order valence-electron chi connectivity index (χ4n) is 4.79. The molecule has 1 aliphatic carbocycles. The zero-order valence-corrected chi connectivity index (χ0v) is 16.6. The van der Waals surface area contributed by atoms with Crippen LogP contribution in [-0.4, -0.2) is 34.7 Å². The molecule has 1 aliphatic heterocycles. The Labute approximate surface area is 168 Å². The number of phenolic OH excluding ortho intramolecular Hbond substituents is 1. The molecule has 3 nitrogen and oxygen atoms in total. The van der Waals surface area contributed by atoms with Gasteiger partial charge in [-0.3, -0.25) is 0 Å². The van der Waals surface area contributed by atoms with E-state index in [-0.39, 0.29) is 12.4 Å². The summed E-state index contributed by atoms with van der Waals surface area (Å²) in [4.78, 5) is 2.58. The van der Waals surface area contributed by atoms with Gasteiger partial charge in [-0.25, -0.2) is 0 Å². The zero-order valence-electron chi connectivity index (χ0n) is 15.8. The second-order valence-corrected chi connectivity index (χ2v) is 7.99. The van der Waals surface area contributed by atoms with Crippen LogP contribution in [0.2, 0.25) is 0 Å². The summed E-state index contributed by atoms with van der Waals surface area (Å²) in [6, 6.07) is 16.4. The molecule has 2 aromatic rings. The van der Waals surface area contributed by atoms with Crippen molar-refractivity contribution in [3.05, 3.63) is 65.2 Å². The number of aliphatic hydroxyl groups is 1. The van der Waals surface area contributed by atoms with E-state index in [1.54, 1.807) is 6.07 Å². The lowest BCUT2D eigenvalue weighted by Crippen LogP contribution is -2.36. The molecule has 0 saturated carbocycles. The molecule has 0 aromatic heterocycles. The Kier molecular flexibility index (Phi) is 6.80. The quantitative estimate of drug-likeness (QED) is 0.751. The normalized spacial score (nSPS) is 23.9. The predicted octanol–water partition coefficient (Wildman–Crippen LogP) is 4.68. The van der Waals surface area contributed by atoms with Crippen LogP contribution in [0.3, 0.4) is 0 Å². The number of halogens is 1. The summed E-state index contributed by atoms with van der Waals surface area (Å²) < 4.78 is 0. The Hall–Kier alpha value is -1.55. The van der Waals surface area contributed by atoms with E-state index in [1.165, 1.54) is 18.4 Å². The van der Waals surface area contributed by atoms with Gasteiger partial charge in [-0.1, -0.05) is 42.5 Å². The van der Waals surface area contributed by atoms with Crippen molar-refractivity contribution in [2.45, 2.75) is 44.1 Å². The van der Waals surface area contributed by atoms with Gasteiger partial charge >= 0.3 is 0 Å². The molecule has 1 saturated heterocycles. The summed E-state index contributed by atoms with van der Waals surface area (Å²) in [5.74, 6) is 1.52. The molecule has 0 bridgehead atoms. The van der Waals surface area contributed by atoms with E-state index < -0.39 is 6.10 Å². The lowest BCUT2D eigenvalue weighted by Gasteiger charge is -2.34. The van der Waals surface area contributed by atoms with Crippen molar-refractivity contribution in [3.8, 4) is 5.75 Å². The van der Waals surface area contributed by atoms with Gasteiger partial charge in [0.1, 0.15) is 5.75 Å². The van der Waals surface area contributed by atoms with Crippen LogP contribution in [-0.2, 0) is 6.42 Å². The maximum absolute atomic E-state index is 10.6. The molecular weight excluding hydrogens is 358 g/mol. The third kappa shape index (κ3) is 4.66. The van der Waals surface area contributed by atoms with E-state index in [9.17, 15) is 10.2 Å². The van der Waals surface area contributed by atoms with Crippen molar-refractivity contribution in [1.29, 1.82) is 0 Å². The molecule has 0 amide bonds. The largest absolute Gasteiger partial charge is 0.508 e. The standard InChI is InChI=1S/C23H29NO2.ClH/c25-22-8-4-7-20-21(22)10-9-17(15-23(20)26)16-24-13-11-19(12-14-24)18-5-2-1-3-6-18;/h1-8,17,19,23,25-26H,9-16H2;1H/t17-,23-;/m0./s1. The molecule has 1 heterocycles. The van der Waals surface area contributed by atoms with Gasteiger partial charge in [0, 0.05) is 6.54 Å². The zero-order chi connectivity index (χ0) is 17.9. The first-order valence-corrected chi connectivity index (χ1v) is 9.97. The number of benzene rings is 2. The van der Waals surface area contributed by atoms with Crippen LogP contribution in [0.15, 0.2) is 48.5 Å². The van der Waals surface area contributed by atoms with E-state index >= 15 is 0 Å². The SMILES string of the molecule is Cl.Oc1cccc2c1CC[C@H](CN1CCC(c3ccccc3)CC1)C[C@@H]2O. The summed E-state index contributed by atoms with van der Waals surface area (Å²) in [5, 5.41) is 20.7. The highest BCUT2D eigenvalue weighted by Crippen LogP contribution is 2.37. The average molecular weight is 388 g/mol. The van der Waals surface area contributed by atoms with E-state index in [2.05, 4.69) is 35.2 Å². The Morgan fingerprint density at radius 3 is 2.41 bits per heavy atom. The molecule has 2 N–H and O–H groups in total. The third-order valence-electron chi connectivity index (χ3n) is 6.28. The lowest BCUT2D eigenvalue weighted by molar-refractivity contribution is 0.117. The van der Waals surface area contributed by atoms with Crippen molar-refractivity contribution in [3.63, 3.8) is 0 Å². The smallest absolute Gasteiger partial charge is 0.119 e. The van der Waals surface area contributed by atoms with Crippen LogP contribution in [0.1, 0.15) is 54.4 Å². The number of aromatic hydroxyl groups is 1. The van der Waals surface area contributed by atoms with Crippen LogP contribution in [0.5, 0.6) is 5.75 Å². The highest BCUT2D eigenvalue weighted by molar-refractivity contribution is 5.85. The number of piperidine rings is 1. The van der Waals surface area contributed by atoms with Gasteiger partial charge in [0.05, 0.1) is 6.10 Å². The van der Waals surface area contributed by atoms with Crippen LogP contribution >= 0.6 is 12.4 Å². The first kappa shape index (κ1) is 20.2. The van der Waals surface area contributed by atoms with E-state index in [4.69, 9.17) is 0 Å². The Bertz CT molecular complexity index is 728. The van der Waals surface area contributed by atoms with Gasteiger partial charge in [0.25, 0.3) is 0 Å². The summed E-state index contributed by atoms with van der Waals surface area (Å²) in [7, 11) is 0. The molecule has 2 atom stereocenters. The molecule has 27 heavy (non-hydrogen) atoms. The van der Waals surface area contributed by atoms with Gasteiger partial charge in [0.2, 0.25) is 0 Å². The predicted molar refractivity (Wildman–Crippen MR) is 112 cm³/mol. The second kappa shape index (κ2) is 9.09. The molecule has 2 aromatic carbocycles. The first-order valence-electron chi connectivity index (χ1n) is 9.97. The van der Waals surface area contributed by atoms with Crippen LogP contribution in [0, 0.1) is 5.92 Å². The van der Waals surface area contributed by atoms with Gasteiger partial charge in [0.15, 0.2) is 0 Å². The highest BCUT2D eigenvalue weighted by atomic mass is 35.5. The highest BCUT2D eigenvalue weighted by Gasteiger charge is 2.28. The molecule has 4 rings (SSSR count). The Balaban J connectivity index is 0.00000210. The molecule has 0 radical (unpaired) electrons. The molecule has 146 valence electrons. The molecule has 2 aliphatic rings. The fraction of sp³-hybridized carbons (Fsp3) is 0.478. The number of likely N-dealkylation sites (tertiary alicyclic amines) is 1. The molecular formula is C23H30ClNO2. The minimum Gasteiger partial charge on any atom is -0.508 e. The van der Waals surface area contributed by atoms with Gasteiger partial charge in [-0.2, -0.15) is 0 Å². The van der Waals surface area contributed by atoms with Gasteiger partial charge in [-0.05, 0) is 79.8 Å². The number of aliphatic hydroxyl groups excluding tert-OH is 1. The number of hydrogen-bond acceptors (Lipinski definition) is 3. The van der Waals surface area contributed by atoms with Crippen molar-refractivity contribution in [1.82, 2.24) is 4.90 Å².